The summed E-state index contributed by atoms with van der Waals surface area (Å²) in [5.74, 6) is -0.200. The van der Waals surface area contributed by atoms with Crippen molar-refractivity contribution in [1.82, 2.24) is 25.3 Å². The van der Waals surface area contributed by atoms with Gasteiger partial charge in [-0.05, 0) is 18.6 Å². The summed E-state index contributed by atoms with van der Waals surface area (Å²) in [6.45, 7) is 1.28. The van der Waals surface area contributed by atoms with Crippen molar-refractivity contribution in [3.05, 3.63) is 36.4 Å². The predicted octanol–water partition coefficient (Wildman–Crippen LogP) is 0.0754. The molecule has 7 nitrogen and oxygen atoms in total. The highest BCUT2D eigenvalue weighted by Gasteiger charge is 2.05. The Bertz CT molecular complexity index is 493. The molecule has 2 aromatic rings. The van der Waals surface area contributed by atoms with Gasteiger partial charge in [-0.1, -0.05) is 5.21 Å². The minimum atomic E-state index is -0.200. The fraction of sp³-hybridized carbons (Fsp3) is 0.273. The maximum Gasteiger partial charge on any atom is 0.269 e. The normalized spacial score (nSPS) is 10.2. The summed E-state index contributed by atoms with van der Waals surface area (Å²) in [6.07, 6.45) is 5.65. The monoisotopic (exact) mass is 246 g/mol. The van der Waals surface area contributed by atoms with E-state index < -0.39 is 0 Å². The van der Waals surface area contributed by atoms with Gasteiger partial charge in [0.05, 0.1) is 18.1 Å². The molecule has 1 amide bonds. The summed E-state index contributed by atoms with van der Waals surface area (Å²) < 4.78 is 1.72. The smallest absolute Gasteiger partial charge is 0.269 e. The molecule has 2 rings (SSSR count). The molecule has 0 aliphatic rings. The van der Waals surface area contributed by atoms with Gasteiger partial charge in [-0.3, -0.25) is 9.48 Å². The number of aryl methyl sites for hydroxylation is 1. The van der Waals surface area contributed by atoms with Crippen molar-refractivity contribution in [2.24, 2.45) is 0 Å². The van der Waals surface area contributed by atoms with Crippen molar-refractivity contribution in [3.63, 3.8) is 0 Å². The van der Waals surface area contributed by atoms with E-state index in [0.29, 0.717) is 17.9 Å². The summed E-state index contributed by atoms with van der Waals surface area (Å²) >= 11 is 0. The highest BCUT2D eigenvalue weighted by Crippen LogP contribution is 2.00. The van der Waals surface area contributed by atoms with Gasteiger partial charge in [0.25, 0.3) is 5.91 Å². The molecule has 0 saturated heterocycles. The van der Waals surface area contributed by atoms with Gasteiger partial charge in [0, 0.05) is 19.3 Å². The van der Waals surface area contributed by atoms with Crippen LogP contribution in [-0.2, 0) is 6.54 Å². The summed E-state index contributed by atoms with van der Waals surface area (Å²) in [7, 11) is 0. The average Bonchev–Trinajstić information content (AvgIpc) is 2.88. The van der Waals surface area contributed by atoms with Crippen LogP contribution in [0.2, 0.25) is 0 Å². The van der Waals surface area contributed by atoms with E-state index in [1.54, 1.807) is 29.2 Å². The van der Waals surface area contributed by atoms with Crippen LogP contribution in [0.5, 0.6) is 0 Å². The lowest BCUT2D eigenvalue weighted by Gasteiger charge is -2.04. The van der Waals surface area contributed by atoms with Gasteiger partial charge >= 0.3 is 0 Å². The summed E-state index contributed by atoms with van der Waals surface area (Å²) in [5.41, 5.74) is 6.40. The first-order valence-electron chi connectivity index (χ1n) is 5.59. The molecule has 0 aromatic carbocycles. The molecule has 7 heteroatoms. The van der Waals surface area contributed by atoms with Gasteiger partial charge in [0.2, 0.25) is 0 Å². The van der Waals surface area contributed by atoms with Crippen molar-refractivity contribution < 1.29 is 4.79 Å². The molecular weight excluding hydrogens is 232 g/mol. The molecule has 0 radical (unpaired) electrons. The Morgan fingerprint density at radius 3 is 3.00 bits per heavy atom. The molecule has 0 spiro atoms. The maximum atomic E-state index is 11.7. The van der Waals surface area contributed by atoms with Crippen molar-refractivity contribution in [1.29, 1.82) is 0 Å². The highest BCUT2D eigenvalue weighted by atomic mass is 16.1. The predicted molar refractivity (Wildman–Crippen MR) is 65.6 cm³/mol. The Morgan fingerprint density at radius 1 is 1.44 bits per heavy atom. The minimum absolute atomic E-state index is 0.200. The quantitative estimate of drug-likeness (QED) is 0.728. The third-order valence-electron chi connectivity index (χ3n) is 2.34. The molecule has 3 N–H and O–H groups in total. The average molecular weight is 246 g/mol. The fourth-order valence-corrected chi connectivity index (χ4v) is 1.43. The Labute approximate surface area is 104 Å². The van der Waals surface area contributed by atoms with Crippen molar-refractivity contribution in [2.75, 3.05) is 12.3 Å². The lowest BCUT2D eigenvalue weighted by molar-refractivity contribution is 0.0947. The molecule has 2 aromatic heterocycles. The molecule has 0 unspecified atom stereocenters. The van der Waals surface area contributed by atoms with Gasteiger partial charge in [0.15, 0.2) is 0 Å². The van der Waals surface area contributed by atoms with Crippen LogP contribution in [-0.4, -0.2) is 32.4 Å². The Kier molecular flexibility index (Phi) is 3.85. The zero-order valence-electron chi connectivity index (χ0n) is 9.78. The minimum Gasteiger partial charge on any atom is -0.397 e. The van der Waals surface area contributed by atoms with E-state index in [1.807, 2.05) is 0 Å². The Hall–Kier alpha value is -2.44. The third-order valence-corrected chi connectivity index (χ3v) is 2.34. The van der Waals surface area contributed by atoms with Crippen molar-refractivity contribution in [3.8, 4) is 0 Å². The van der Waals surface area contributed by atoms with E-state index in [1.165, 1.54) is 6.20 Å². The van der Waals surface area contributed by atoms with Crippen molar-refractivity contribution >= 4 is 11.6 Å². The number of amides is 1. The molecular formula is C11H14N6O. The number of carbonyl (C=O) groups excluding carboxylic acids is 1. The van der Waals surface area contributed by atoms with Crippen LogP contribution in [0.25, 0.3) is 0 Å². The number of carbonyl (C=O) groups is 1. The van der Waals surface area contributed by atoms with E-state index in [0.717, 1.165) is 13.0 Å². The second-order valence-electron chi connectivity index (χ2n) is 3.75. The number of rotatable bonds is 5. The second-order valence-corrected chi connectivity index (χ2v) is 3.75. The van der Waals surface area contributed by atoms with Crippen LogP contribution < -0.4 is 11.1 Å². The van der Waals surface area contributed by atoms with E-state index >= 15 is 0 Å². The lowest BCUT2D eigenvalue weighted by atomic mass is 10.3. The van der Waals surface area contributed by atoms with Crippen LogP contribution in [0.1, 0.15) is 16.9 Å². The SMILES string of the molecule is Nc1ccc(C(=O)NCCCn2ccnn2)nc1. The lowest BCUT2D eigenvalue weighted by Crippen LogP contribution is -2.26. The first-order chi connectivity index (χ1) is 8.75. The molecule has 94 valence electrons. The number of aromatic nitrogens is 4. The molecule has 0 aliphatic carbocycles. The van der Waals surface area contributed by atoms with E-state index in [9.17, 15) is 4.79 Å². The van der Waals surface area contributed by atoms with Gasteiger partial charge in [-0.2, -0.15) is 0 Å². The maximum absolute atomic E-state index is 11.7. The van der Waals surface area contributed by atoms with Gasteiger partial charge in [0.1, 0.15) is 5.69 Å². The number of hydrogen-bond donors (Lipinski definition) is 2. The van der Waals surface area contributed by atoms with Crippen molar-refractivity contribution in [2.45, 2.75) is 13.0 Å². The number of nitrogen functional groups attached to an aromatic ring is 1. The summed E-state index contributed by atoms with van der Waals surface area (Å²) in [6, 6.07) is 3.25. The van der Waals surface area contributed by atoms with Crippen LogP contribution in [0.4, 0.5) is 5.69 Å². The zero-order chi connectivity index (χ0) is 12.8. The first-order valence-corrected chi connectivity index (χ1v) is 5.59. The Morgan fingerprint density at radius 2 is 2.33 bits per heavy atom. The molecule has 0 fully saturated rings. The first kappa shape index (κ1) is 12.0. The molecule has 0 atom stereocenters. The molecule has 0 saturated carbocycles. The van der Waals surface area contributed by atoms with Gasteiger partial charge < -0.3 is 11.1 Å². The molecule has 18 heavy (non-hydrogen) atoms. The number of hydrogen-bond acceptors (Lipinski definition) is 5. The van der Waals surface area contributed by atoms with E-state index in [4.69, 9.17) is 5.73 Å². The van der Waals surface area contributed by atoms with Gasteiger partial charge in [-0.25, -0.2) is 4.98 Å². The number of nitrogens with one attached hydrogen (secondary N) is 1. The van der Waals surface area contributed by atoms with Gasteiger partial charge in [-0.15, -0.1) is 5.10 Å². The Balaban J connectivity index is 1.73. The summed E-state index contributed by atoms with van der Waals surface area (Å²) in [4.78, 5) is 15.6. The van der Waals surface area contributed by atoms with E-state index in [-0.39, 0.29) is 5.91 Å². The van der Waals surface area contributed by atoms with E-state index in [2.05, 4.69) is 20.6 Å². The largest absolute Gasteiger partial charge is 0.397 e. The topological polar surface area (TPSA) is 98.7 Å². The molecule has 2 heterocycles. The van der Waals surface area contributed by atoms with Crippen LogP contribution in [0.3, 0.4) is 0 Å². The van der Waals surface area contributed by atoms with Crippen LogP contribution >= 0.6 is 0 Å². The standard InChI is InChI=1S/C11H14N6O/c12-9-2-3-10(14-8-9)11(18)13-4-1-6-17-7-5-15-16-17/h2-3,5,7-8H,1,4,6,12H2,(H,13,18). The summed E-state index contributed by atoms with van der Waals surface area (Å²) in [5, 5.41) is 10.3. The number of nitrogens with zero attached hydrogens (tertiary/aromatic N) is 4. The number of nitrogens with two attached hydrogens (primary N) is 1. The molecule has 0 bridgehead atoms. The molecule has 0 aliphatic heterocycles. The highest BCUT2D eigenvalue weighted by molar-refractivity contribution is 5.92. The van der Waals surface area contributed by atoms with Crippen LogP contribution in [0.15, 0.2) is 30.7 Å². The fourth-order valence-electron chi connectivity index (χ4n) is 1.43. The number of anilines is 1. The number of pyridine rings is 1. The zero-order valence-corrected chi connectivity index (χ0v) is 9.78. The third kappa shape index (κ3) is 3.27. The second kappa shape index (κ2) is 5.76. The van der Waals surface area contributed by atoms with Crippen LogP contribution in [0, 0.1) is 0 Å².